The van der Waals surface area contributed by atoms with Gasteiger partial charge >= 0.3 is 0 Å². The second kappa shape index (κ2) is 4.84. The van der Waals surface area contributed by atoms with Gasteiger partial charge in [-0.3, -0.25) is 0 Å². The molecule has 1 heterocycles. The van der Waals surface area contributed by atoms with Gasteiger partial charge in [-0.05, 0) is 24.0 Å². The zero-order chi connectivity index (χ0) is 13.2. The van der Waals surface area contributed by atoms with Crippen LogP contribution in [-0.4, -0.2) is 9.55 Å². The van der Waals surface area contributed by atoms with Crippen molar-refractivity contribution in [2.24, 2.45) is 5.41 Å². The van der Waals surface area contributed by atoms with Crippen LogP contribution in [-0.2, 0) is 6.54 Å². The summed E-state index contributed by atoms with van der Waals surface area (Å²) in [5, 5.41) is 0. The standard InChI is InChI=1S/C15H21N3/c1-15(2,3)7-9-18-10-8-17-14(18)12-5-4-6-13(16)11-12/h4-6,8,10-11H,7,9,16H2,1-3H3. The quantitative estimate of drug-likeness (QED) is 0.837. The molecule has 0 atom stereocenters. The van der Waals surface area contributed by atoms with Gasteiger partial charge in [-0.25, -0.2) is 4.98 Å². The van der Waals surface area contributed by atoms with Crippen LogP contribution in [0.25, 0.3) is 11.4 Å². The second-order valence-corrected chi connectivity index (χ2v) is 5.88. The van der Waals surface area contributed by atoms with Gasteiger partial charge in [0, 0.05) is 30.2 Å². The zero-order valence-electron chi connectivity index (χ0n) is 11.4. The molecule has 0 bridgehead atoms. The Morgan fingerprint density at radius 2 is 2.06 bits per heavy atom. The number of aryl methyl sites for hydroxylation is 1. The molecule has 0 aliphatic heterocycles. The zero-order valence-corrected chi connectivity index (χ0v) is 11.4. The van der Waals surface area contributed by atoms with Crippen LogP contribution in [0, 0.1) is 5.41 Å². The molecule has 18 heavy (non-hydrogen) atoms. The third kappa shape index (κ3) is 3.13. The summed E-state index contributed by atoms with van der Waals surface area (Å²) < 4.78 is 2.19. The molecule has 2 N–H and O–H groups in total. The first kappa shape index (κ1) is 12.7. The number of nitrogen functional groups attached to an aromatic ring is 1. The Morgan fingerprint density at radius 1 is 1.28 bits per heavy atom. The number of aromatic nitrogens is 2. The maximum atomic E-state index is 5.82. The van der Waals surface area contributed by atoms with E-state index >= 15 is 0 Å². The minimum atomic E-state index is 0.331. The lowest BCUT2D eigenvalue weighted by Crippen LogP contribution is -2.10. The van der Waals surface area contributed by atoms with E-state index in [-0.39, 0.29) is 0 Å². The number of hydrogen-bond donors (Lipinski definition) is 1. The van der Waals surface area contributed by atoms with Crippen LogP contribution in [0.2, 0.25) is 0 Å². The summed E-state index contributed by atoms with van der Waals surface area (Å²) in [6, 6.07) is 7.88. The van der Waals surface area contributed by atoms with Crippen molar-refractivity contribution in [2.75, 3.05) is 5.73 Å². The molecule has 0 saturated carbocycles. The molecule has 0 aliphatic rings. The average Bonchev–Trinajstić information content (AvgIpc) is 2.73. The van der Waals surface area contributed by atoms with Crippen molar-refractivity contribution in [1.82, 2.24) is 9.55 Å². The van der Waals surface area contributed by atoms with E-state index in [0.29, 0.717) is 5.41 Å². The third-order valence-electron chi connectivity index (χ3n) is 2.96. The molecular formula is C15H21N3. The normalized spacial score (nSPS) is 11.7. The molecule has 96 valence electrons. The number of nitrogens with two attached hydrogens (primary N) is 1. The summed E-state index contributed by atoms with van der Waals surface area (Å²) in [6.07, 6.45) is 5.00. The van der Waals surface area contributed by atoms with Crippen molar-refractivity contribution in [3.8, 4) is 11.4 Å². The van der Waals surface area contributed by atoms with Gasteiger partial charge in [0.15, 0.2) is 0 Å². The van der Waals surface area contributed by atoms with Gasteiger partial charge in [0.1, 0.15) is 5.82 Å². The summed E-state index contributed by atoms with van der Waals surface area (Å²) in [5.74, 6) is 0.992. The molecule has 3 nitrogen and oxygen atoms in total. The maximum absolute atomic E-state index is 5.82. The van der Waals surface area contributed by atoms with Crippen LogP contribution in [0.4, 0.5) is 5.69 Å². The first-order valence-electron chi connectivity index (χ1n) is 6.33. The van der Waals surface area contributed by atoms with Gasteiger partial charge in [0.25, 0.3) is 0 Å². The summed E-state index contributed by atoms with van der Waals surface area (Å²) in [6.45, 7) is 7.74. The predicted octanol–water partition coefficient (Wildman–Crippen LogP) is 3.57. The Hall–Kier alpha value is -1.77. The molecular weight excluding hydrogens is 222 g/mol. The highest BCUT2D eigenvalue weighted by molar-refractivity contribution is 5.61. The third-order valence-corrected chi connectivity index (χ3v) is 2.96. The minimum Gasteiger partial charge on any atom is -0.399 e. The number of hydrogen-bond acceptors (Lipinski definition) is 2. The highest BCUT2D eigenvalue weighted by Gasteiger charge is 2.12. The molecule has 0 amide bonds. The Bertz CT molecular complexity index is 521. The van der Waals surface area contributed by atoms with E-state index in [1.165, 1.54) is 0 Å². The van der Waals surface area contributed by atoms with Crippen LogP contribution >= 0.6 is 0 Å². The molecule has 0 spiro atoms. The van der Waals surface area contributed by atoms with Gasteiger partial charge < -0.3 is 10.3 Å². The SMILES string of the molecule is CC(C)(C)CCn1ccnc1-c1cccc(N)c1. The summed E-state index contributed by atoms with van der Waals surface area (Å²) >= 11 is 0. The molecule has 3 heteroatoms. The molecule has 0 aliphatic carbocycles. The molecule has 1 aromatic heterocycles. The number of benzene rings is 1. The van der Waals surface area contributed by atoms with E-state index in [1.807, 2.05) is 36.7 Å². The molecule has 0 saturated heterocycles. The van der Waals surface area contributed by atoms with Crippen molar-refractivity contribution in [3.63, 3.8) is 0 Å². The molecule has 2 rings (SSSR count). The van der Waals surface area contributed by atoms with Crippen molar-refractivity contribution in [2.45, 2.75) is 33.7 Å². The fraction of sp³-hybridized carbons (Fsp3) is 0.400. The van der Waals surface area contributed by atoms with Crippen LogP contribution in [0.15, 0.2) is 36.7 Å². The van der Waals surface area contributed by atoms with E-state index in [4.69, 9.17) is 5.73 Å². The molecule has 0 unspecified atom stereocenters. The maximum Gasteiger partial charge on any atom is 0.139 e. The van der Waals surface area contributed by atoms with Gasteiger partial charge in [-0.1, -0.05) is 32.9 Å². The Morgan fingerprint density at radius 3 is 2.72 bits per heavy atom. The van der Waals surface area contributed by atoms with E-state index in [9.17, 15) is 0 Å². The Labute approximate surface area is 109 Å². The molecule has 0 radical (unpaired) electrons. The first-order valence-corrected chi connectivity index (χ1v) is 6.33. The topological polar surface area (TPSA) is 43.8 Å². The lowest BCUT2D eigenvalue weighted by molar-refractivity contribution is 0.351. The van der Waals surface area contributed by atoms with Crippen molar-refractivity contribution >= 4 is 5.69 Å². The van der Waals surface area contributed by atoms with Crippen LogP contribution < -0.4 is 5.73 Å². The number of rotatable bonds is 3. The van der Waals surface area contributed by atoms with Crippen molar-refractivity contribution in [1.29, 1.82) is 0 Å². The van der Waals surface area contributed by atoms with E-state index in [2.05, 4.69) is 30.3 Å². The molecule has 2 aromatic rings. The number of nitrogens with zero attached hydrogens (tertiary/aromatic N) is 2. The molecule has 1 aromatic carbocycles. The van der Waals surface area contributed by atoms with E-state index in [0.717, 1.165) is 30.0 Å². The fourth-order valence-corrected chi connectivity index (χ4v) is 1.88. The number of anilines is 1. The van der Waals surface area contributed by atoms with Gasteiger partial charge in [-0.2, -0.15) is 0 Å². The number of imidazole rings is 1. The highest BCUT2D eigenvalue weighted by Crippen LogP contribution is 2.23. The summed E-state index contributed by atoms with van der Waals surface area (Å²) in [7, 11) is 0. The Kier molecular flexibility index (Phi) is 3.41. The summed E-state index contributed by atoms with van der Waals surface area (Å²) in [4.78, 5) is 4.44. The average molecular weight is 243 g/mol. The Balaban J connectivity index is 2.23. The lowest BCUT2D eigenvalue weighted by atomic mass is 9.92. The van der Waals surface area contributed by atoms with E-state index in [1.54, 1.807) is 0 Å². The summed E-state index contributed by atoms with van der Waals surface area (Å²) in [5.41, 5.74) is 8.01. The van der Waals surface area contributed by atoms with Crippen molar-refractivity contribution in [3.05, 3.63) is 36.7 Å². The minimum absolute atomic E-state index is 0.331. The largest absolute Gasteiger partial charge is 0.399 e. The predicted molar refractivity (Wildman–Crippen MR) is 76.1 cm³/mol. The van der Waals surface area contributed by atoms with Crippen molar-refractivity contribution < 1.29 is 0 Å². The van der Waals surface area contributed by atoms with E-state index < -0.39 is 0 Å². The van der Waals surface area contributed by atoms with Crippen LogP contribution in [0.5, 0.6) is 0 Å². The first-order chi connectivity index (χ1) is 8.46. The van der Waals surface area contributed by atoms with Gasteiger partial charge in [0.2, 0.25) is 0 Å². The smallest absolute Gasteiger partial charge is 0.139 e. The fourth-order valence-electron chi connectivity index (χ4n) is 1.88. The molecule has 0 fully saturated rings. The van der Waals surface area contributed by atoms with Crippen LogP contribution in [0.1, 0.15) is 27.2 Å². The van der Waals surface area contributed by atoms with Crippen LogP contribution in [0.3, 0.4) is 0 Å². The highest BCUT2D eigenvalue weighted by atomic mass is 15.1. The monoisotopic (exact) mass is 243 g/mol. The second-order valence-electron chi connectivity index (χ2n) is 5.88. The van der Waals surface area contributed by atoms with Gasteiger partial charge in [-0.15, -0.1) is 0 Å². The lowest BCUT2D eigenvalue weighted by Gasteiger charge is -2.19. The van der Waals surface area contributed by atoms with Gasteiger partial charge in [0.05, 0.1) is 0 Å².